The molecule has 0 atom stereocenters. The fourth-order valence-corrected chi connectivity index (χ4v) is 10.6. The van der Waals surface area contributed by atoms with Crippen LogP contribution >= 0.6 is 0 Å². The Labute approximate surface area is 350 Å². The summed E-state index contributed by atoms with van der Waals surface area (Å²) in [4.78, 5) is 2.35. The summed E-state index contributed by atoms with van der Waals surface area (Å²) >= 11 is 0. The van der Waals surface area contributed by atoms with E-state index >= 15 is 0 Å². The highest BCUT2D eigenvalue weighted by Crippen LogP contribution is 2.62. The molecule has 0 amide bonds. The third-order valence-corrected chi connectivity index (χ3v) is 13.3. The number of nitrogens with zero attached hydrogens (tertiary/aromatic N) is 1. The zero-order valence-electron chi connectivity index (χ0n) is 33.6. The molecule has 0 saturated heterocycles. The molecular weight excluding hydrogens is 727 g/mol. The van der Waals surface area contributed by atoms with Gasteiger partial charge in [-0.15, -0.1) is 0 Å². The Balaban J connectivity index is 1.06. The molecule has 1 spiro atoms. The minimum Gasteiger partial charge on any atom is -0.454 e. The van der Waals surface area contributed by atoms with Gasteiger partial charge in [0.05, 0.1) is 11.1 Å². The maximum atomic E-state index is 6.69. The molecule has 0 saturated carbocycles. The van der Waals surface area contributed by atoms with Crippen LogP contribution in [-0.2, 0) is 10.8 Å². The number of para-hydroxylation sites is 2. The first-order chi connectivity index (χ1) is 29.5. The summed E-state index contributed by atoms with van der Waals surface area (Å²) in [6, 6.07) is 77.9. The minimum atomic E-state index is -0.453. The highest BCUT2D eigenvalue weighted by Gasteiger charge is 2.53. The van der Waals surface area contributed by atoms with E-state index in [0.717, 1.165) is 44.6 Å². The molecule has 2 nitrogen and oxygen atoms in total. The van der Waals surface area contributed by atoms with Gasteiger partial charge in [0.15, 0.2) is 5.58 Å². The standard InChI is InChI=1S/C58H41NO/c1-57(2)49-24-9-11-26-51(49)58(52-27-12-10-25-50(52)57)48-23-8-6-20-44(48)45-35-32-41(37-53(45)58)40-18-14-19-43(36-40)59(42-33-30-39(31-34-42)38-16-4-3-5-17-38)54-28-15-22-47-46-21-7-13-29-55(46)60-56(47)54/h3-37H,1-2H3. The largest absolute Gasteiger partial charge is 0.454 e. The number of fused-ring (bicyclic) bond motifs is 12. The van der Waals surface area contributed by atoms with Gasteiger partial charge >= 0.3 is 0 Å². The monoisotopic (exact) mass is 767 g/mol. The van der Waals surface area contributed by atoms with E-state index < -0.39 is 5.41 Å². The SMILES string of the molecule is CC1(C)c2ccccc2C2(c3ccccc3-c3ccc(-c4cccc(N(c5ccc(-c6ccccc6)cc5)c5cccc6c5oc5ccccc56)c4)cc32)c2ccccc21. The molecule has 1 heterocycles. The Bertz CT molecular complexity index is 3250. The van der Waals surface area contributed by atoms with Gasteiger partial charge in [0.25, 0.3) is 0 Å². The molecule has 10 aromatic rings. The van der Waals surface area contributed by atoms with Crippen LogP contribution in [0.25, 0.3) is 55.3 Å². The van der Waals surface area contributed by atoms with Crippen molar-refractivity contribution in [2.45, 2.75) is 24.7 Å². The van der Waals surface area contributed by atoms with Gasteiger partial charge < -0.3 is 9.32 Å². The van der Waals surface area contributed by atoms with Crippen LogP contribution in [0.15, 0.2) is 217 Å². The number of hydrogen-bond donors (Lipinski definition) is 0. The highest BCUT2D eigenvalue weighted by atomic mass is 16.3. The lowest BCUT2D eigenvalue weighted by atomic mass is 9.55. The van der Waals surface area contributed by atoms with E-state index in [9.17, 15) is 0 Å². The maximum Gasteiger partial charge on any atom is 0.159 e. The molecule has 2 aliphatic rings. The third kappa shape index (κ3) is 4.88. The summed E-state index contributed by atoms with van der Waals surface area (Å²) < 4.78 is 6.69. The second-order valence-electron chi connectivity index (χ2n) is 16.8. The van der Waals surface area contributed by atoms with Crippen LogP contribution in [0.5, 0.6) is 0 Å². The molecule has 0 radical (unpaired) electrons. The molecule has 0 unspecified atom stereocenters. The van der Waals surface area contributed by atoms with Crippen molar-refractivity contribution in [2.75, 3.05) is 4.90 Å². The van der Waals surface area contributed by atoms with Crippen molar-refractivity contribution >= 4 is 39.0 Å². The van der Waals surface area contributed by atoms with Crippen LogP contribution in [0, 0.1) is 0 Å². The molecule has 2 heteroatoms. The molecule has 0 bridgehead atoms. The van der Waals surface area contributed by atoms with Gasteiger partial charge in [0.2, 0.25) is 0 Å². The number of hydrogen-bond acceptors (Lipinski definition) is 2. The van der Waals surface area contributed by atoms with Crippen molar-refractivity contribution in [1.29, 1.82) is 0 Å². The van der Waals surface area contributed by atoms with Crippen molar-refractivity contribution in [1.82, 2.24) is 0 Å². The Morgan fingerprint density at radius 2 is 0.917 bits per heavy atom. The van der Waals surface area contributed by atoms with E-state index in [-0.39, 0.29) is 5.41 Å². The van der Waals surface area contributed by atoms with Gasteiger partial charge in [-0.1, -0.05) is 184 Å². The number of rotatable bonds is 5. The molecule has 60 heavy (non-hydrogen) atoms. The Hall–Kier alpha value is -7.42. The van der Waals surface area contributed by atoms with Crippen molar-refractivity contribution in [2.24, 2.45) is 0 Å². The lowest BCUT2D eigenvalue weighted by Gasteiger charge is -2.46. The molecule has 2 aliphatic carbocycles. The number of furan rings is 1. The minimum absolute atomic E-state index is 0.145. The first-order valence-corrected chi connectivity index (χ1v) is 20.9. The molecule has 284 valence electrons. The molecule has 0 aliphatic heterocycles. The molecular formula is C58H41NO. The Morgan fingerprint density at radius 1 is 0.367 bits per heavy atom. The summed E-state index contributed by atoms with van der Waals surface area (Å²) in [5, 5.41) is 2.22. The molecule has 0 N–H and O–H groups in total. The van der Waals surface area contributed by atoms with Crippen LogP contribution in [-0.4, -0.2) is 0 Å². The Kier molecular flexibility index (Phi) is 7.52. The van der Waals surface area contributed by atoms with E-state index in [0.29, 0.717) is 0 Å². The molecule has 12 rings (SSSR count). The molecule has 9 aromatic carbocycles. The van der Waals surface area contributed by atoms with Crippen molar-refractivity contribution < 1.29 is 4.42 Å². The first-order valence-electron chi connectivity index (χ1n) is 20.9. The van der Waals surface area contributed by atoms with Gasteiger partial charge in [-0.3, -0.25) is 0 Å². The Morgan fingerprint density at radius 3 is 1.68 bits per heavy atom. The summed E-state index contributed by atoms with van der Waals surface area (Å²) in [6.45, 7) is 4.77. The first kappa shape index (κ1) is 34.6. The van der Waals surface area contributed by atoms with E-state index in [2.05, 4.69) is 225 Å². The molecule has 1 aromatic heterocycles. The second kappa shape index (κ2) is 13.0. The predicted octanol–water partition coefficient (Wildman–Crippen LogP) is 15.4. The predicted molar refractivity (Wildman–Crippen MR) is 249 cm³/mol. The lowest BCUT2D eigenvalue weighted by molar-refractivity contribution is 0.563. The summed E-state index contributed by atoms with van der Waals surface area (Å²) in [6.07, 6.45) is 0. The lowest BCUT2D eigenvalue weighted by Crippen LogP contribution is -2.40. The van der Waals surface area contributed by atoms with Crippen LogP contribution in [0.4, 0.5) is 17.1 Å². The fourth-order valence-electron chi connectivity index (χ4n) is 10.6. The number of anilines is 3. The van der Waals surface area contributed by atoms with Crippen LogP contribution in [0.2, 0.25) is 0 Å². The fraction of sp³-hybridized carbons (Fsp3) is 0.0690. The van der Waals surface area contributed by atoms with Crippen molar-refractivity contribution in [3.05, 3.63) is 246 Å². The quantitative estimate of drug-likeness (QED) is 0.173. The average Bonchev–Trinajstić information content (AvgIpc) is 3.83. The van der Waals surface area contributed by atoms with Crippen LogP contribution in [0.3, 0.4) is 0 Å². The molecule has 0 fully saturated rings. The van der Waals surface area contributed by atoms with E-state index in [1.54, 1.807) is 0 Å². The van der Waals surface area contributed by atoms with Crippen LogP contribution < -0.4 is 4.90 Å². The summed E-state index contributed by atoms with van der Waals surface area (Å²) in [5.74, 6) is 0. The van der Waals surface area contributed by atoms with Gasteiger partial charge in [-0.05, 0) is 109 Å². The van der Waals surface area contributed by atoms with E-state index in [1.807, 2.05) is 6.07 Å². The average molecular weight is 768 g/mol. The zero-order chi connectivity index (χ0) is 40.0. The summed E-state index contributed by atoms with van der Waals surface area (Å²) in [5.41, 5.74) is 19.8. The zero-order valence-corrected chi connectivity index (χ0v) is 33.6. The van der Waals surface area contributed by atoms with Crippen molar-refractivity contribution in [3.63, 3.8) is 0 Å². The van der Waals surface area contributed by atoms with Crippen LogP contribution in [0.1, 0.15) is 47.2 Å². The van der Waals surface area contributed by atoms with Crippen molar-refractivity contribution in [3.8, 4) is 33.4 Å². The van der Waals surface area contributed by atoms with E-state index in [1.165, 1.54) is 61.2 Å². The van der Waals surface area contributed by atoms with Gasteiger partial charge in [-0.2, -0.15) is 0 Å². The van der Waals surface area contributed by atoms with E-state index in [4.69, 9.17) is 4.42 Å². The number of benzene rings is 9. The highest BCUT2D eigenvalue weighted by molar-refractivity contribution is 6.10. The topological polar surface area (TPSA) is 16.4 Å². The normalized spacial score (nSPS) is 14.1. The second-order valence-corrected chi connectivity index (χ2v) is 16.8. The third-order valence-electron chi connectivity index (χ3n) is 13.3. The van der Waals surface area contributed by atoms with Gasteiger partial charge in [0.1, 0.15) is 5.58 Å². The smallest absolute Gasteiger partial charge is 0.159 e. The van der Waals surface area contributed by atoms with Gasteiger partial charge in [0, 0.05) is 27.6 Å². The summed E-state index contributed by atoms with van der Waals surface area (Å²) in [7, 11) is 0. The van der Waals surface area contributed by atoms with Gasteiger partial charge in [-0.25, -0.2) is 0 Å². The maximum absolute atomic E-state index is 6.69.